The molecule has 22 heavy (non-hydrogen) atoms. The van der Waals surface area contributed by atoms with E-state index in [0.717, 1.165) is 30.8 Å². The van der Waals surface area contributed by atoms with Crippen LogP contribution in [0.25, 0.3) is 0 Å². The summed E-state index contributed by atoms with van der Waals surface area (Å²) in [6, 6.07) is 15.7. The molecule has 2 rings (SSSR count). The van der Waals surface area contributed by atoms with Gasteiger partial charge in [-0.25, -0.2) is 4.39 Å². The molecule has 0 saturated heterocycles. The van der Waals surface area contributed by atoms with Crippen LogP contribution >= 0.6 is 0 Å². The molecule has 2 N–H and O–H groups in total. The summed E-state index contributed by atoms with van der Waals surface area (Å²) in [5.41, 5.74) is 0.758. The molecule has 0 spiro atoms. The first-order valence-corrected chi connectivity index (χ1v) is 7.58. The number of rotatable bonds is 9. The molecule has 0 aliphatic carbocycles. The van der Waals surface area contributed by atoms with E-state index in [1.54, 1.807) is 12.1 Å². The van der Waals surface area contributed by atoms with Gasteiger partial charge in [-0.15, -0.1) is 0 Å². The Kier molecular flexibility index (Phi) is 6.87. The molecule has 0 aromatic heterocycles. The lowest BCUT2D eigenvalue weighted by Gasteiger charge is -2.11. The minimum atomic E-state index is -0.539. The molecule has 0 aliphatic heterocycles. The average molecular weight is 303 g/mol. The first-order valence-electron chi connectivity index (χ1n) is 7.58. The maximum Gasteiger partial charge on any atom is 0.123 e. The molecule has 2 aromatic carbocycles. The smallest absolute Gasteiger partial charge is 0.123 e. The number of benzene rings is 2. The monoisotopic (exact) mass is 303 g/mol. The van der Waals surface area contributed by atoms with Gasteiger partial charge in [-0.2, -0.15) is 0 Å². The summed E-state index contributed by atoms with van der Waals surface area (Å²) in [5.74, 6) is 0.590. The van der Waals surface area contributed by atoms with Crippen molar-refractivity contribution < 1.29 is 14.2 Å². The van der Waals surface area contributed by atoms with Gasteiger partial charge >= 0.3 is 0 Å². The largest absolute Gasteiger partial charge is 0.492 e. The maximum atomic E-state index is 12.8. The van der Waals surface area contributed by atoms with Gasteiger partial charge in [0.25, 0.3) is 0 Å². The third kappa shape index (κ3) is 5.84. The van der Waals surface area contributed by atoms with E-state index in [-0.39, 0.29) is 5.82 Å². The number of para-hydroxylation sites is 1. The summed E-state index contributed by atoms with van der Waals surface area (Å²) in [7, 11) is 0. The topological polar surface area (TPSA) is 41.5 Å². The zero-order chi connectivity index (χ0) is 15.6. The Balaban J connectivity index is 1.53. The molecular formula is C18H22FNO2. The predicted octanol–water partition coefficient (Wildman–Crippen LogP) is 3.31. The van der Waals surface area contributed by atoms with Gasteiger partial charge in [-0.1, -0.05) is 30.3 Å². The Morgan fingerprint density at radius 3 is 2.45 bits per heavy atom. The van der Waals surface area contributed by atoms with E-state index in [1.165, 1.54) is 12.1 Å². The lowest BCUT2D eigenvalue weighted by molar-refractivity contribution is 0.164. The molecule has 0 saturated carbocycles. The Bertz CT molecular complexity index is 531. The molecule has 0 bridgehead atoms. The molecule has 118 valence electrons. The van der Waals surface area contributed by atoms with Gasteiger partial charge in [0.2, 0.25) is 0 Å². The summed E-state index contributed by atoms with van der Waals surface area (Å²) < 4.78 is 18.4. The van der Waals surface area contributed by atoms with E-state index >= 15 is 0 Å². The van der Waals surface area contributed by atoms with Crippen LogP contribution in [-0.4, -0.2) is 24.8 Å². The molecule has 0 aliphatic rings. The number of aliphatic hydroxyl groups excluding tert-OH is 1. The lowest BCUT2D eigenvalue weighted by atomic mass is 10.1. The van der Waals surface area contributed by atoms with Crippen molar-refractivity contribution in [1.82, 2.24) is 5.32 Å². The van der Waals surface area contributed by atoms with Gasteiger partial charge in [0.1, 0.15) is 18.2 Å². The molecule has 0 fully saturated rings. The van der Waals surface area contributed by atoms with Crippen LogP contribution < -0.4 is 10.1 Å². The Hall–Kier alpha value is -1.91. The third-order valence-corrected chi connectivity index (χ3v) is 3.38. The normalized spacial score (nSPS) is 12.1. The predicted molar refractivity (Wildman–Crippen MR) is 85.4 cm³/mol. The second-order valence-electron chi connectivity index (χ2n) is 5.12. The number of aliphatic hydroxyl groups is 1. The number of hydrogen-bond donors (Lipinski definition) is 2. The third-order valence-electron chi connectivity index (χ3n) is 3.38. The van der Waals surface area contributed by atoms with Crippen molar-refractivity contribution in [3.63, 3.8) is 0 Å². The fourth-order valence-electron chi connectivity index (χ4n) is 2.15. The first kappa shape index (κ1) is 16.5. The van der Waals surface area contributed by atoms with E-state index < -0.39 is 6.10 Å². The second-order valence-corrected chi connectivity index (χ2v) is 5.12. The molecule has 0 radical (unpaired) electrons. The van der Waals surface area contributed by atoms with Crippen molar-refractivity contribution >= 4 is 0 Å². The lowest BCUT2D eigenvalue weighted by Crippen LogP contribution is -2.22. The van der Waals surface area contributed by atoms with Gasteiger partial charge in [-0.05, 0) is 49.2 Å². The van der Waals surface area contributed by atoms with Gasteiger partial charge < -0.3 is 15.2 Å². The van der Waals surface area contributed by atoms with Crippen LogP contribution in [0.2, 0.25) is 0 Å². The molecule has 4 heteroatoms. The van der Waals surface area contributed by atoms with Crippen LogP contribution in [0.3, 0.4) is 0 Å². The van der Waals surface area contributed by atoms with Crippen molar-refractivity contribution in [2.24, 2.45) is 0 Å². The highest BCUT2D eigenvalue weighted by Gasteiger charge is 2.06. The van der Waals surface area contributed by atoms with Gasteiger partial charge in [-0.3, -0.25) is 0 Å². The van der Waals surface area contributed by atoms with Crippen LogP contribution in [0.4, 0.5) is 4.39 Å². The first-order chi connectivity index (χ1) is 10.8. The summed E-state index contributed by atoms with van der Waals surface area (Å²) >= 11 is 0. The maximum absolute atomic E-state index is 12.8. The molecule has 1 unspecified atom stereocenters. The molecular weight excluding hydrogens is 281 g/mol. The van der Waals surface area contributed by atoms with E-state index in [9.17, 15) is 9.50 Å². The van der Waals surface area contributed by atoms with Crippen molar-refractivity contribution in [3.05, 3.63) is 66.0 Å². The minimum Gasteiger partial charge on any atom is -0.492 e. The second kappa shape index (κ2) is 9.18. The summed E-state index contributed by atoms with van der Waals surface area (Å²) in [4.78, 5) is 0. The van der Waals surface area contributed by atoms with Crippen LogP contribution in [0.1, 0.15) is 24.5 Å². The average Bonchev–Trinajstić information content (AvgIpc) is 2.55. The van der Waals surface area contributed by atoms with Crippen molar-refractivity contribution in [1.29, 1.82) is 0 Å². The molecule has 0 heterocycles. The standard InChI is InChI=1S/C18H22FNO2/c19-16-10-8-15(9-11-16)18(21)7-4-12-20-13-14-22-17-5-2-1-3-6-17/h1-3,5-6,8-11,18,20-21H,4,7,12-14H2. The highest BCUT2D eigenvalue weighted by Crippen LogP contribution is 2.18. The number of ether oxygens (including phenoxy) is 1. The number of hydrogen-bond acceptors (Lipinski definition) is 3. The van der Waals surface area contributed by atoms with Gasteiger partial charge in [0.05, 0.1) is 6.10 Å². The van der Waals surface area contributed by atoms with Crippen LogP contribution in [0.15, 0.2) is 54.6 Å². The summed E-state index contributed by atoms with van der Waals surface area (Å²) in [6.07, 6.45) is 0.963. The quantitative estimate of drug-likeness (QED) is 0.698. The Morgan fingerprint density at radius 1 is 1.00 bits per heavy atom. The molecule has 3 nitrogen and oxygen atoms in total. The van der Waals surface area contributed by atoms with Gasteiger partial charge in [0, 0.05) is 6.54 Å². The van der Waals surface area contributed by atoms with Crippen LogP contribution in [-0.2, 0) is 0 Å². The van der Waals surface area contributed by atoms with Gasteiger partial charge in [0.15, 0.2) is 0 Å². The summed E-state index contributed by atoms with van der Waals surface area (Å²) in [6.45, 7) is 2.20. The Labute approximate surface area is 130 Å². The number of nitrogens with one attached hydrogen (secondary N) is 1. The van der Waals surface area contributed by atoms with Crippen LogP contribution in [0, 0.1) is 5.82 Å². The van der Waals surface area contributed by atoms with Crippen molar-refractivity contribution in [2.45, 2.75) is 18.9 Å². The number of halogens is 1. The fourth-order valence-corrected chi connectivity index (χ4v) is 2.15. The minimum absolute atomic E-state index is 0.281. The van der Waals surface area contributed by atoms with E-state index in [4.69, 9.17) is 4.74 Å². The SMILES string of the molecule is OC(CCCNCCOc1ccccc1)c1ccc(F)cc1. The highest BCUT2D eigenvalue weighted by atomic mass is 19.1. The van der Waals surface area contributed by atoms with Crippen LogP contribution in [0.5, 0.6) is 5.75 Å². The molecule has 1 atom stereocenters. The molecule has 0 amide bonds. The summed E-state index contributed by atoms with van der Waals surface area (Å²) in [5, 5.41) is 13.3. The fraction of sp³-hybridized carbons (Fsp3) is 0.333. The zero-order valence-electron chi connectivity index (χ0n) is 12.5. The van der Waals surface area contributed by atoms with Crippen molar-refractivity contribution in [2.75, 3.05) is 19.7 Å². The zero-order valence-corrected chi connectivity index (χ0v) is 12.5. The molecule has 2 aromatic rings. The van der Waals surface area contributed by atoms with E-state index in [0.29, 0.717) is 13.0 Å². The van der Waals surface area contributed by atoms with Crippen molar-refractivity contribution in [3.8, 4) is 5.75 Å². The van der Waals surface area contributed by atoms with E-state index in [2.05, 4.69) is 5.32 Å². The van der Waals surface area contributed by atoms with E-state index in [1.807, 2.05) is 30.3 Å². The Morgan fingerprint density at radius 2 is 1.73 bits per heavy atom. The highest BCUT2D eigenvalue weighted by molar-refractivity contribution is 5.20.